The number of imidazole rings is 1. The Balaban J connectivity index is 1.11. The molecule has 11 nitrogen and oxygen atoms in total. The van der Waals surface area contributed by atoms with Crippen molar-refractivity contribution < 1.29 is 24.1 Å². The SMILES string of the molecule is CC(C)(O)c1cn(CCOc2ccc(-c3nc4nc(OC5CO[C@@H]6CCO[C@H]56)[nH]c4cc3Cl)cc2)nn1. The number of rotatable bonds is 8. The lowest BCUT2D eigenvalue weighted by Crippen LogP contribution is -2.32. The zero-order chi connectivity index (χ0) is 25.6. The van der Waals surface area contributed by atoms with Crippen LogP contribution < -0.4 is 9.47 Å². The summed E-state index contributed by atoms with van der Waals surface area (Å²) in [6, 6.07) is 9.68. The fourth-order valence-electron chi connectivity index (χ4n) is 4.48. The summed E-state index contributed by atoms with van der Waals surface area (Å²) in [5.41, 5.74) is 2.13. The molecule has 0 amide bonds. The van der Waals surface area contributed by atoms with E-state index < -0.39 is 5.60 Å². The largest absolute Gasteiger partial charge is 0.492 e. The minimum Gasteiger partial charge on any atom is -0.492 e. The summed E-state index contributed by atoms with van der Waals surface area (Å²) in [7, 11) is 0. The molecule has 0 bridgehead atoms. The number of ether oxygens (including phenoxy) is 4. The maximum atomic E-state index is 10.0. The van der Waals surface area contributed by atoms with Gasteiger partial charge in [0.2, 0.25) is 0 Å². The highest BCUT2D eigenvalue weighted by Gasteiger charge is 2.43. The summed E-state index contributed by atoms with van der Waals surface area (Å²) >= 11 is 6.56. The van der Waals surface area contributed by atoms with Crippen molar-refractivity contribution in [1.29, 1.82) is 0 Å². The standard InChI is InChI=1S/C25H27ClN6O5/c1-25(2,33)20-12-32(31-30-20)8-10-34-15-5-3-14(4-6-15)21-16(26)11-17-23(28-21)29-24(27-17)37-19-13-36-18-7-9-35-22(18)19/h3-6,11-12,18-19,22,33H,7-10,13H2,1-2H3,(H,27,28,29)/t18-,19?,22+/m1/s1. The van der Waals surface area contributed by atoms with Crippen LogP contribution in [0.2, 0.25) is 5.02 Å². The van der Waals surface area contributed by atoms with Gasteiger partial charge in [-0.2, -0.15) is 4.98 Å². The number of halogens is 1. The second kappa shape index (κ2) is 9.56. The number of nitrogens with zero attached hydrogens (tertiary/aromatic N) is 5. The first-order chi connectivity index (χ1) is 17.8. The predicted molar refractivity (Wildman–Crippen MR) is 134 cm³/mol. The Kier molecular flexibility index (Phi) is 6.23. The minimum absolute atomic E-state index is 0.0672. The third-order valence-electron chi connectivity index (χ3n) is 6.47. The van der Waals surface area contributed by atoms with Crippen LogP contribution in [0, 0.1) is 0 Å². The molecule has 37 heavy (non-hydrogen) atoms. The van der Waals surface area contributed by atoms with Gasteiger partial charge in [-0.3, -0.25) is 0 Å². The Bertz CT molecular complexity index is 1400. The normalized spacial score (nSPS) is 21.5. The fourth-order valence-corrected chi connectivity index (χ4v) is 4.74. The fraction of sp³-hybridized carbons (Fsp3) is 0.440. The van der Waals surface area contributed by atoms with E-state index in [0.29, 0.717) is 65.7 Å². The Labute approximate surface area is 217 Å². The Morgan fingerprint density at radius 3 is 2.84 bits per heavy atom. The Hall–Kier alpha value is -3.25. The number of hydrogen-bond acceptors (Lipinski definition) is 9. The van der Waals surface area contributed by atoms with Gasteiger partial charge in [0, 0.05) is 12.2 Å². The number of aromatic amines is 1. The average molecular weight is 527 g/mol. The molecule has 0 saturated carbocycles. The molecule has 3 atom stereocenters. The summed E-state index contributed by atoms with van der Waals surface area (Å²) in [5, 5.41) is 18.5. The van der Waals surface area contributed by atoms with E-state index in [9.17, 15) is 5.11 Å². The number of H-pyrrole nitrogens is 1. The van der Waals surface area contributed by atoms with Gasteiger partial charge in [-0.1, -0.05) is 16.8 Å². The lowest BCUT2D eigenvalue weighted by atomic mass is 10.1. The molecule has 194 valence electrons. The van der Waals surface area contributed by atoms with Crippen molar-refractivity contribution >= 4 is 22.8 Å². The summed E-state index contributed by atoms with van der Waals surface area (Å²) < 4.78 is 25.0. The van der Waals surface area contributed by atoms with Crippen LogP contribution >= 0.6 is 11.6 Å². The van der Waals surface area contributed by atoms with Gasteiger partial charge in [0.15, 0.2) is 11.8 Å². The molecule has 0 radical (unpaired) electrons. The molecule has 2 fully saturated rings. The van der Waals surface area contributed by atoms with E-state index >= 15 is 0 Å². The smallest absolute Gasteiger partial charge is 0.296 e. The van der Waals surface area contributed by atoms with Crippen molar-refractivity contribution in [3.05, 3.63) is 47.2 Å². The van der Waals surface area contributed by atoms with Crippen LogP contribution in [0.1, 0.15) is 26.0 Å². The van der Waals surface area contributed by atoms with Crippen LogP contribution in [0.3, 0.4) is 0 Å². The molecule has 5 heterocycles. The number of benzene rings is 1. The van der Waals surface area contributed by atoms with Crippen molar-refractivity contribution in [1.82, 2.24) is 29.9 Å². The molecule has 0 spiro atoms. The monoisotopic (exact) mass is 526 g/mol. The highest BCUT2D eigenvalue weighted by atomic mass is 35.5. The number of aromatic nitrogens is 6. The van der Waals surface area contributed by atoms with Gasteiger partial charge in [-0.05, 0) is 50.6 Å². The Morgan fingerprint density at radius 1 is 1.22 bits per heavy atom. The van der Waals surface area contributed by atoms with Gasteiger partial charge < -0.3 is 29.0 Å². The molecule has 1 aromatic carbocycles. The zero-order valence-corrected chi connectivity index (χ0v) is 21.2. The lowest BCUT2D eigenvalue weighted by Gasteiger charge is -2.15. The van der Waals surface area contributed by atoms with E-state index in [1.54, 1.807) is 30.8 Å². The summed E-state index contributed by atoms with van der Waals surface area (Å²) in [5.74, 6) is 0.699. The van der Waals surface area contributed by atoms with E-state index in [0.717, 1.165) is 12.0 Å². The van der Waals surface area contributed by atoms with Gasteiger partial charge in [0.25, 0.3) is 6.01 Å². The van der Waals surface area contributed by atoms with Crippen molar-refractivity contribution in [2.45, 2.75) is 50.7 Å². The summed E-state index contributed by atoms with van der Waals surface area (Å²) in [6.07, 6.45) is 2.42. The van der Waals surface area contributed by atoms with Crippen LogP contribution in [-0.4, -0.2) is 73.2 Å². The third kappa shape index (κ3) is 4.99. The molecular weight excluding hydrogens is 500 g/mol. The lowest BCUT2D eigenvalue weighted by molar-refractivity contribution is 0.0273. The number of nitrogens with one attached hydrogen (secondary N) is 1. The molecule has 12 heteroatoms. The van der Waals surface area contributed by atoms with Crippen molar-refractivity contribution in [3.8, 4) is 23.0 Å². The van der Waals surface area contributed by atoms with E-state index in [1.807, 2.05) is 24.3 Å². The van der Waals surface area contributed by atoms with E-state index in [-0.39, 0.29) is 18.3 Å². The Morgan fingerprint density at radius 2 is 2.05 bits per heavy atom. The van der Waals surface area contributed by atoms with E-state index in [2.05, 4.69) is 25.3 Å². The van der Waals surface area contributed by atoms with E-state index in [1.165, 1.54) is 0 Å². The third-order valence-corrected chi connectivity index (χ3v) is 6.76. The van der Waals surface area contributed by atoms with Crippen LogP contribution in [0.15, 0.2) is 36.5 Å². The maximum Gasteiger partial charge on any atom is 0.296 e. The summed E-state index contributed by atoms with van der Waals surface area (Å²) in [4.78, 5) is 12.3. The second-order valence-corrected chi connectivity index (χ2v) is 10.1. The molecule has 2 aliphatic heterocycles. The van der Waals surface area contributed by atoms with Gasteiger partial charge in [0.1, 0.15) is 29.8 Å². The van der Waals surface area contributed by atoms with Crippen LogP contribution in [0.5, 0.6) is 11.8 Å². The first-order valence-electron chi connectivity index (χ1n) is 12.2. The summed E-state index contributed by atoms with van der Waals surface area (Å²) in [6.45, 7) is 5.39. The van der Waals surface area contributed by atoms with Gasteiger partial charge in [-0.15, -0.1) is 5.10 Å². The number of aliphatic hydroxyl groups is 1. The maximum absolute atomic E-state index is 10.0. The predicted octanol–water partition coefficient (Wildman–Crippen LogP) is 3.11. The van der Waals surface area contributed by atoms with Crippen LogP contribution in [-0.2, 0) is 21.6 Å². The molecular formula is C25H27ClN6O5. The molecule has 4 aromatic rings. The molecule has 1 unspecified atom stereocenters. The first kappa shape index (κ1) is 24.1. The van der Waals surface area contributed by atoms with Gasteiger partial charge >= 0.3 is 0 Å². The van der Waals surface area contributed by atoms with Crippen molar-refractivity contribution in [2.24, 2.45) is 0 Å². The van der Waals surface area contributed by atoms with Crippen molar-refractivity contribution in [2.75, 3.05) is 19.8 Å². The quantitative estimate of drug-likeness (QED) is 0.355. The highest BCUT2D eigenvalue weighted by molar-refractivity contribution is 6.33. The van der Waals surface area contributed by atoms with Crippen molar-refractivity contribution in [3.63, 3.8) is 0 Å². The van der Waals surface area contributed by atoms with Gasteiger partial charge in [-0.25, -0.2) is 9.67 Å². The molecule has 0 aliphatic carbocycles. The molecule has 2 N–H and O–H groups in total. The van der Waals surface area contributed by atoms with Gasteiger partial charge in [0.05, 0.1) is 41.7 Å². The molecule has 2 saturated heterocycles. The average Bonchev–Trinajstić information content (AvgIpc) is 3.64. The second-order valence-electron chi connectivity index (χ2n) is 9.68. The first-order valence-corrected chi connectivity index (χ1v) is 12.5. The minimum atomic E-state index is -1.03. The molecule has 2 aliphatic rings. The molecule has 6 rings (SSSR count). The number of fused-ring (bicyclic) bond motifs is 2. The highest BCUT2D eigenvalue weighted by Crippen LogP contribution is 2.32. The van der Waals surface area contributed by atoms with E-state index in [4.69, 9.17) is 30.5 Å². The number of hydrogen-bond donors (Lipinski definition) is 2. The topological polar surface area (TPSA) is 129 Å². The number of pyridine rings is 1. The van der Waals surface area contributed by atoms with Crippen LogP contribution in [0.25, 0.3) is 22.4 Å². The zero-order valence-electron chi connectivity index (χ0n) is 20.4. The molecule has 3 aromatic heterocycles. The van der Waals surface area contributed by atoms with Crippen LogP contribution in [0.4, 0.5) is 0 Å².